The van der Waals surface area contributed by atoms with Crippen molar-refractivity contribution >= 4 is 5.78 Å². The Bertz CT molecular complexity index is 829. The van der Waals surface area contributed by atoms with Crippen LogP contribution in [-0.2, 0) is 12.4 Å². The molecule has 0 heterocycles. The summed E-state index contributed by atoms with van der Waals surface area (Å²) in [6, 6.07) is 6.12. The first-order valence-electron chi connectivity index (χ1n) is 8.81. The first-order chi connectivity index (χ1) is 13.9. The number of ketones is 1. The molecule has 2 N–H and O–H groups in total. The zero-order valence-corrected chi connectivity index (χ0v) is 15.4. The number of alkyl halides is 6. The summed E-state index contributed by atoms with van der Waals surface area (Å²) >= 11 is 0. The third kappa shape index (κ3) is 6.53. The molecule has 0 radical (unpaired) electrons. The van der Waals surface area contributed by atoms with Crippen molar-refractivity contribution in [2.24, 2.45) is 0 Å². The molecule has 30 heavy (non-hydrogen) atoms. The van der Waals surface area contributed by atoms with Crippen LogP contribution in [0.4, 0.5) is 30.7 Å². The van der Waals surface area contributed by atoms with Crippen molar-refractivity contribution < 1.29 is 40.6 Å². The van der Waals surface area contributed by atoms with Crippen LogP contribution in [0.2, 0.25) is 0 Å². The molecule has 0 aliphatic heterocycles. The maximum atomic E-state index is 13.0. The van der Waals surface area contributed by atoms with E-state index in [0.29, 0.717) is 17.7 Å². The largest absolute Gasteiger partial charge is 0.416 e. The number of carbonyl (C=O) groups is 1. The predicted octanol–water partition coefficient (Wildman–Crippen LogP) is 4.80. The molecule has 3 nitrogen and oxygen atoms in total. The molecule has 0 fully saturated rings. The van der Waals surface area contributed by atoms with E-state index in [4.69, 9.17) is 0 Å². The van der Waals surface area contributed by atoms with E-state index in [9.17, 15) is 40.6 Å². The molecule has 10 heteroatoms. The summed E-state index contributed by atoms with van der Waals surface area (Å²) in [5.41, 5.74) is -3.19. The quantitative estimate of drug-likeness (QED) is 0.461. The van der Waals surface area contributed by atoms with E-state index in [1.54, 1.807) is 0 Å². The second-order valence-corrected chi connectivity index (χ2v) is 6.61. The van der Waals surface area contributed by atoms with Gasteiger partial charge in [-0.05, 0) is 48.2 Å². The summed E-state index contributed by atoms with van der Waals surface area (Å²) in [7, 11) is 0. The van der Waals surface area contributed by atoms with Crippen LogP contribution < -0.4 is 5.32 Å². The number of Topliss-reactive ketones (excluding diaryl/α,β-unsaturated/α-hetero) is 1. The molecule has 0 amide bonds. The fraction of sp³-hybridized carbons (Fsp3) is 0.350. The minimum Gasteiger partial charge on any atom is -0.396 e. The zero-order valence-electron chi connectivity index (χ0n) is 15.4. The van der Waals surface area contributed by atoms with E-state index in [0.717, 1.165) is 0 Å². The van der Waals surface area contributed by atoms with Gasteiger partial charge in [-0.3, -0.25) is 4.79 Å². The van der Waals surface area contributed by atoms with Crippen molar-refractivity contribution in [1.29, 1.82) is 0 Å². The van der Waals surface area contributed by atoms with Gasteiger partial charge < -0.3 is 10.4 Å². The van der Waals surface area contributed by atoms with Crippen LogP contribution in [0, 0.1) is 5.82 Å². The van der Waals surface area contributed by atoms with Gasteiger partial charge in [0.25, 0.3) is 0 Å². The molecule has 0 bridgehead atoms. The Hall–Kier alpha value is -2.46. The van der Waals surface area contributed by atoms with Gasteiger partial charge in [0.1, 0.15) is 5.82 Å². The van der Waals surface area contributed by atoms with Gasteiger partial charge in [-0.15, -0.1) is 0 Å². The lowest BCUT2D eigenvalue weighted by molar-refractivity contribution is -0.143. The molecule has 0 aliphatic carbocycles. The van der Waals surface area contributed by atoms with Gasteiger partial charge in [-0.2, -0.15) is 26.3 Å². The number of hydrogen-bond acceptors (Lipinski definition) is 3. The maximum absolute atomic E-state index is 13.0. The number of halogens is 7. The topological polar surface area (TPSA) is 49.3 Å². The highest BCUT2D eigenvalue weighted by Gasteiger charge is 2.37. The zero-order chi connectivity index (χ0) is 22.5. The number of hydrogen-bond donors (Lipinski definition) is 2. The van der Waals surface area contributed by atoms with Gasteiger partial charge in [0, 0.05) is 18.7 Å². The Morgan fingerprint density at radius 3 is 1.93 bits per heavy atom. The molecule has 0 unspecified atom stereocenters. The Morgan fingerprint density at radius 1 is 0.933 bits per heavy atom. The van der Waals surface area contributed by atoms with E-state index in [1.165, 1.54) is 24.3 Å². The van der Waals surface area contributed by atoms with Gasteiger partial charge in [0.15, 0.2) is 5.78 Å². The normalized spacial score (nSPS) is 13.3. The van der Waals surface area contributed by atoms with Gasteiger partial charge in [0.05, 0.1) is 17.7 Å². The second kappa shape index (κ2) is 9.57. The van der Waals surface area contributed by atoms with Crippen LogP contribution in [0.5, 0.6) is 0 Å². The van der Waals surface area contributed by atoms with Crippen LogP contribution >= 0.6 is 0 Å². The van der Waals surface area contributed by atoms with Crippen LogP contribution in [0.15, 0.2) is 42.5 Å². The van der Waals surface area contributed by atoms with Crippen molar-refractivity contribution in [3.8, 4) is 0 Å². The van der Waals surface area contributed by atoms with Gasteiger partial charge in [0.2, 0.25) is 0 Å². The Labute approximate surface area is 167 Å². The molecule has 2 rings (SSSR count). The van der Waals surface area contributed by atoms with Gasteiger partial charge >= 0.3 is 12.4 Å². The van der Waals surface area contributed by atoms with E-state index >= 15 is 0 Å². The fourth-order valence-electron chi connectivity index (χ4n) is 2.86. The lowest BCUT2D eigenvalue weighted by Crippen LogP contribution is -2.28. The van der Waals surface area contributed by atoms with Crippen LogP contribution in [-0.4, -0.2) is 30.6 Å². The number of aliphatic hydroxyl groups excluding tert-OH is 1. The molecule has 0 aliphatic rings. The van der Waals surface area contributed by atoms with Crippen molar-refractivity contribution in [2.75, 3.05) is 19.7 Å². The maximum Gasteiger partial charge on any atom is 0.416 e. The Balaban J connectivity index is 2.13. The summed E-state index contributed by atoms with van der Waals surface area (Å²) < 4.78 is 90.5. The number of aliphatic hydroxyl groups is 1. The van der Waals surface area contributed by atoms with E-state index in [2.05, 4.69) is 5.32 Å². The number of rotatable bonds is 8. The lowest BCUT2D eigenvalue weighted by Gasteiger charge is -2.17. The van der Waals surface area contributed by atoms with Crippen LogP contribution in [0.1, 0.15) is 39.4 Å². The van der Waals surface area contributed by atoms with E-state index in [-0.39, 0.29) is 31.6 Å². The summed E-state index contributed by atoms with van der Waals surface area (Å²) in [5, 5.41) is 11.9. The number of nitrogens with one attached hydrogen (secondary N) is 1. The fourth-order valence-corrected chi connectivity index (χ4v) is 2.86. The molecular weight excluding hydrogens is 419 g/mol. The smallest absolute Gasteiger partial charge is 0.396 e. The minimum atomic E-state index is -5.04. The third-order valence-electron chi connectivity index (χ3n) is 4.40. The average molecular weight is 437 g/mol. The molecule has 2 aromatic carbocycles. The third-order valence-corrected chi connectivity index (χ3v) is 4.40. The Kier molecular flexibility index (Phi) is 7.59. The standard InChI is InChI=1S/C20H18F7NO2/c21-17-3-1-12(2-4-17)13(5-6-29)10-28-11-18(30)14-7-15(19(22,23)24)9-16(8-14)20(25,26)27/h1-4,7-9,13,28-29H,5-6,10-11H2/t13-/m1/s1. The van der Waals surface area contributed by atoms with Crippen molar-refractivity contribution in [3.05, 3.63) is 70.5 Å². The summed E-state index contributed by atoms with van der Waals surface area (Å²) in [6.07, 6.45) is -9.83. The molecule has 0 spiro atoms. The second-order valence-electron chi connectivity index (χ2n) is 6.61. The highest BCUT2D eigenvalue weighted by atomic mass is 19.4. The lowest BCUT2D eigenvalue weighted by atomic mass is 9.95. The summed E-state index contributed by atoms with van der Waals surface area (Å²) in [5.74, 6) is -1.75. The van der Waals surface area contributed by atoms with Gasteiger partial charge in [-0.25, -0.2) is 4.39 Å². The van der Waals surface area contributed by atoms with Crippen molar-refractivity contribution in [1.82, 2.24) is 5.32 Å². The minimum absolute atomic E-state index is 0.0456. The van der Waals surface area contributed by atoms with Crippen LogP contribution in [0.25, 0.3) is 0 Å². The molecule has 0 aromatic heterocycles. The molecule has 1 atom stereocenters. The molecule has 164 valence electrons. The Morgan fingerprint density at radius 2 is 1.47 bits per heavy atom. The summed E-state index contributed by atoms with van der Waals surface area (Å²) in [4.78, 5) is 12.2. The molecule has 2 aromatic rings. The monoisotopic (exact) mass is 437 g/mol. The molecule has 0 saturated heterocycles. The SMILES string of the molecule is O=C(CNC[C@@H](CCO)c1ccc(F)cc1)c1cc(C(F)(F)F)cc(C(F)(F)F)c1. The van der Waals surface area contributed by atoms with E-state index in [1.807, 2.05) is 0 Å². The van der Waals surface area contributed by atoms with E-state index < -0.39 is 47.2 Å². The molecule has 0 saturated carbocycles. The highest BCUT2D eigenvalue weighted by Crippen LogP contribution is 2.36. The van der Waals surface area contributed by atoms with Crippen LogP contribution in [0.3, 0.4) is 0 Å². The summed E-state index contributed by atoms with van der Waals surface area (Å²) in [6.45, 7) is -0.620. The number of carbonyl (C=O) groups excluding carboxylic acids is 1. The van der Waals surface area contributed by atoms with Crippen molar-refractivity contribution in [3.63, 3.8) is 0 Å². The molecular formula is C20H18F7NO2. The predicted molar refractivity (Wildman–Crippen MR) is 94.5 cm³/mol. The average Bonchev–Trinajstić information content (AvgIpc) is 2.66. The first-order valence-corrected chi connectivity index (χ1v) is 8.81. The highest BCUT2D eigenvalue weighted by molar-refractivity contribution is 5.98. The van der Waals surface area contributed by atoms with Gasteiger partial charge in [-0.1, -0.05) is 12.1 Å². The van der Waals surface area contributed by atoms with Crippen molar-refractivity contribution in [2.45, 2.75) is 24.7 Å². The number of benzene rings is 2. The first kappa shape index (κ1) is 23.8.